The lowest BCUT2D eigenvalue weighted by molar-refractivity contribution is 0.140. The fourth-order valence-corrected chi connectivity index (χ4v) is 8.68. The molecule has 0 saturated carbocycles. The molecular formula is C45H65BN2S. The van der Waals surface area contributed by atoms with Gasteiger partial charge in [0.1, 0.15) is 0 Å². The molecule has 2 N–H and O–H groups in total. The Labute approximate surface area is 304 Å². The van der Waals surface area contributed by atoms with E-state index < -0.39 is 0 Å². The van der Waals surface area contributed by atoms with Gasteiger partial charge in [-0.1, -0.05) is 126 Å². The van der Waals surface area contributed by atoms with Crippen molar-refractivity contribution >= 4 is 32.9 Å². The van der Waals surface area contributed by atoms with Crippen molar-refractivity contribution in [3.63, 3.8) is 0 Å². The summed E-state index contributed by atoms with van der Waals surface area (Å²) in [5, 5.41) is 8.87. The van der Waals surface area contributed by atoms with Gasteiger partial charge in [-0.05, 0) is 123 Å². The highest BCUT2D eigenvalue weighted by Crippen LogP contribution is 2.48. The Balaban J connectivity index is 1.76. The molecule has 0 radical (unpaired) electrons. The Morgan fingerprint density at radius 2 is 1.61 bits per heavy atom. The number of thiophene rings is 1. The van der Waals surface area contributed by atoms with Crippen molar-refractivity contribution in [2.45, 2.75) is 114 Å². The largest absolute Gasteiger partial charge is 0.382 e. The van der Waals surface area contributed by atoms with Crippen LogP contribution in [0.2, 0.25) is 0 Å². The third kappa shape index (κ3) is 9.43. The lowest BCUT2D eigenvalue weighted by Gasteiger charge is -2.43. The van der Waals surface area contributed by atoms with Crippen LogP contribution in [0.5, 0.6) is 0 Å². The number of nitrogens with one attached hydrogen (secondary N) is 2. The Morgan fingerprint density at radius 3 is 2.18 bits per heavy atom. The molecule has 0 amide bonds. The molecule has 1 aromatic carbocycles. The van der Waals surface area contributed by atoms with Crippen LogP contribution in [0.3, 0.4) is 0 Å². The van der Waals surface area contributed by atoms with Crippen LogP contribution in [-0.2, 0) is 10.8 Å². The minimum atomic E-state index is 0.131. The van der Waals surface area contributed by atoms with Crippen LogP contribution in [-0.4, -0.2) is 13.3 Å². The predicted molar refractivity (Wildman–Crippen MR) is 222 cm³/mol. The fourth-order valence-electron chi connectivity index (χ4n) is 7.47. The van der Waals surface area contributed by atoms with Crippen LogP contribution in [0.25, 0.3) is 10.1 Å². The average Bonchev–Trinajstić information content (AvgIpc) is 3.43. The Morgan fingerprint density at radius 1 is 0.980 bits per heavy atom. The fraction of sp³-hybridized carbons (Fsp3) is 0.511. The summed E-state index contributed by atoms with van der Waals surface area (Å²) in [7, 11) is 0. The second-order valence-corrected chi connectivity index (χ2v) is 19.4. The van der Waals surface area contributed by atoms with Crippen molar-refractivity contribution in [3.05, 3.63) is 114 Å². The van der Waals surface area contributed by atoms with E-state index in [9.17, 15) is 0 Å². The molecule has 1 aromatic heterocycles. The maximum Gasteiger partial charge on any atom is 0.245 e. The number of allylic oxidation sites excluding steroid dienone is 8. The van der Waals surface area contributed by atoms with E-state index in [2.05, 4.69) is 180 Å². The van der Waals surface area contributed by atoms with Crippen LogP contribution >= 0.6 is 11.3 Å². The molecule has 4 heteroatoms. The van der Waals surface area contributed by atoms with E-state index in [4.69, 9.17) is 0 Å². The van der Waals surface area contributed by atoms with Crippen LogP contribution in [0.15, 0.2) is 102 Å². The third-order valence-corrected chi connectivity index (χ3v) is 11.9. The molecule has 0 fully saturated rings. The first-order chi connectivity index (χ1) is 22.8. The van der Waals surface area contributed by atoms with Crippen molar-refractivity contribution in [1.82, 2.24) is 10.6 Å². The molecule has 2 unspecified atom stereocenters. The summed E-state index contributed by atoms with van der Waals surface area (Å²) in [6.07, 6.45) is 22.5. The summed E-state index contributed by atoms with van der Waals surface area (Å²) in [5.41, 5.74) is 7.28. The van der Waals surface area contributed by atoms with Gasteiger partial charge in [0, 0.05) is 22.6 Å². The Hall–Kier alpha value is -2.98. The minimum absolute atomic E-state index is 0.131. The third-order valence-electron chi connectivity index (χ3n) is 10.7. The van der Waals surface area contributed by atoms with Crippen LogP contribution in [0.4, 0.5) is 0 Å². The molecule has 2 nitrogen and oxygen atoms in total. The van der Waals surface area contributed by atoms with Crippen molar-refractivity contribution in [3.8, 4) is 0 Å². The molecule has 0 spiro atoms. The summed E-state index contributed by atoms with van der Waals surface area (Å²) >= 11 is 1.95. The van der Waals surface area contributed by atoms with Gasteiger partial charge in [0.2, 0.25) is 6.71 Å². The lowest BCUT2D eigenvalue weighted by Crippen LogP contribution is -2.38. The molecular weight excluding hydrogens is 611 g/mol. The molecule has 2 aromatic rings. The maximum absolute atomic E-state index is 4.10. The van der Waals surface area contributed by atoms with Gasteiger partial charge >= 0.3 is 0 Å². The summed E-state index contributed by atoms with van der Waals surface area (Å²) in [6, 6.07) is 7.48. The van der Waals surface area contributed by atoms with Crippen molar-refractivity contribution in [1.29, 1.82) is 0 Å². The Bertz CT molecular complexity index is 1620. The topological polar surface area (TPSA) is 24.1 Å². The first-order valence-corrected chi connectivity index (χ1v) is 19.4. The number of benzene rings is 1. The monoisotopic (exact) mass is 676 g/mol. The van der Waals surface area contributed by atoms with E-state index in [-0.39, 0.29) is 28.4 Å². The summed E-state index contributed by atoms with van der Waals surface area (Å²) < 4.78 is 2.76. The average molecular weight is 677 g/mol. The highest BCUT2D eigenvalue weighted by Gasteiger charge is 2.39. The molecule has 0 bridgehead atoms. The van der Waals surface area contributed by atoms with E-state index in [0.29, 0.717) is 17.8 Å². The summed E-state index contributed by atoms with van der Waals surface area (Å²) in [4.78, 5) is 0. The smallest absolute Gasteiger partial charge is 0.245 e. The SMILES string of the molecule is C=C/C(=C\C=C\C(C)C)N/C=C(/CNC1=CC(C(C)(C)C)C(C(C)(C)C)C=C1)B(/C=C/C)c1cc2cc3c(cc2s1)C(C)(C)CCC3(C)C. The van der Waals surface area contributed by atoms with E-state index in [1.54, 1.807) is 0 Å². The number of rotatable bonds is 11. The normalized spacial score (nSPS) is 21.4. The highest BCUT2D eigenvalue weighted by atomic mass is 32.1. The summed E-state index contributed by atoms with van der Waals surface area (Å²) in [5.74, 6) is 3.80. The van der Waals surface area contributed by atoms with Gasteiger partial charge in [0.05, 0.1) is 0 Å². The second kappa shape index (κ2) is 15.1. The molecule has 2 aliphatic rings. The van der Waals surface area contributed by atoms with Crippen LogP contribution < -0.4 is 15.4 Å². The van der Waals surface area contributed by atoms with Crippen molar-refractivity contribution < 1.29 is 0 Å². The van der Waals surface area contributed by atoms with Crippen molar-refractivity contribution in [2.75, 3.05) is 6.54 Å². The predicted octanol–water partition coefficient (Wildman–Crippen LogP) is 11.7. The maximum atomic E-state index is 4.10. The lowest BCUT2D eigenvalue weighted by atomic mass is 9.43. The van der Waals surface area contributed by atoms with Gasteiger partial charge in [-0.15, -0.1) is 17.3 Å². The molecule has 2 aliphatic carbocycles. The van der Waals surface area contributed by atoms with E-state index >= 15 is 0 Å². The van der Waals surface area contributed by atoms with Gasteiger partial charge in [0.25, 0.3) is 0 Å². The van der Waals surface area contributed by atoms with Gasteiger partial charge in [-0.25, -0.2) is 0 Å². The minimum Gasteiger partial charge on any atom is -0.382 e. The number of hydrogen-bond acceptors (Lipinski definition) is 3. The zero-order valence-corrected chi connectivity index (χ0v) is 33.9. The summed E-state index contributed by atoms with van der Waals surface area (Å²) in [6.45, 7) is 35.4. The first kappa shape index (κ1) is 38.8. The first-order valence-electron chi connectivity index (χ1n) is 18.6. The number of hydrogen-bond donors (Lipinski definition) is 2. The van der Waals surface area contributed by atoms with Gasteiger partial charge in [-0.3, -0.25) is 0 Å². The molecule has 1 heterocycles. The van der Waals surface area contributed by atoms with E-state index in [1.807, 2.05) is 17.4 Å². The zero-order chi connectivity index (χ0) is 36.4. The highest BCUT2D eigenvalue weighted by molar-refractivity contribution is 7.30. The van der Waals surface area contributed by atoms with Crippen molar-refractivity contribution in [2.24, 2.45) is 28.6 Å². The Kier molecular flexibility index (Phi) is 12.0. The molecule has 2 atom stereocenters. The van der Waals surface area contributed by atoms with Crippen LogP contribution in [0.1, 0.15) is 114 Å². The van der Waals surface area contributed by atoms with Gasteiger partial charge in [0.15, 0.2) is 0 Å². The van der Waals surface area contributed by atoms with Gasteiger partial charge < -0.3 is 10.6 Å². The molecule has 4 rings (SSSR count). The molecule has 0 aliphatic heterocycles. The number of fused-ring (bicyclic) bond motifs is 2. The van der Waals surface area contributed by atoms with Gasteiger partial charge in [-0.2, -0.15) is 0 Å². The second-order valence-electron chi connectivity index (χ2n) is 18.3. The van der Waals surface area contributed by atoms with Crippen LogP contribution in [0, 0.1) is 28.6 Å². The molecule has 264 valence electrons. The van der Waals surface area contributed by atoms with E-state index in [1.165, 1.54) is 50.0 Å². The zero-order valence-electron chi connectivity index (χ0n) is 33.1. The standard InChI is InChI=1S/C45H65BN2S/c1-15-24-46(41-26-32-25-38-39(28-40(32)49-41)45(13,14)23-22-44(38,11)12)33(29-47-34(16-2)19-17-18-31(3)4)30-48-35-20-21-36(42(5,6)7)37(27-35)43(8,9)10/h15-21,24-29,31,36-37,47-48H,2,22-23,30H2,1,3-14H3/b18-17+,24-15+,33-29-,34-19+. The quantitative estimate of drug-likeness (QED) is 0.183. The van der Waals surface area contributed by atoms with E-state index in [0.717, 1.165) is 12.2 Å². The molecule has 0 saturated heterocycles. The molecule has 49 heavy (non-hydrogen) atoms.